The molecule has 0 spiro atoms. The molecule has 7 heterocycles. The quantitative estimate of drug-likeness (QED) is 0.118. The molecule has 19 nitrogen and oxygen atoms in total. The molecule has 6 atom stereocenters. The van der Waals surface area contributed by atoms with Gasteiger partial charge >= 0.3 is 7.82 Å². The number of hydrogen-bond acceptors (Lipinski definition) is 16. The first kappa shape index (κ1) is 28.9. The second-order valence-electron chi connectivity index (χ2n) is 9.58. The number of nitrogens with one attached hydrogen (secondary N) is 1. The van der Waals surface area contributed by atoms with Crippen LogP contribution in [-0.4, -0.2) is 75.7 Å². The summed E-state index contributed by atoms with van der Waals surface area (Å²) in [5.74, 6) is -1.49. The van der Waals surface area contributed by atoms with Crippen LogP contribution in [0, 0.1) is 0 Å². The Morgan fingerprint density at radius 3 is 2.70 bits per heavy atom. The highest BCUT2D eigenvalue weighted by Crippen LogP contribution is 2.53. The smallest absolute Gasteiger partial charge is 0.473 e. The largest absolute Gasteiger partial charge is 0.506 e. The number of thiol groups is 1. The van der Waals surface area contributed by atoms with Crippen molar-refractivity contribution in [3.63, 3.8) is 0 Å². The summed E-state index contributed by atoms with van der Waals surface area (Å²) in [6, 6.07) is 3.06. The number of ether oxygens (including phenoxy) is 2. The molecule has 22 heteroatoms. The van der Waals surface area contributed by atoms with Crippen molar-refractivity contribution in [2.45, 2.75) is 24.5 Å². The number of rotatable bonds is 2. The van der Waals surface area contributed by atoms with E-state index in [1.807, 2.05) is 0 Å². The molecule has 3 aliphatic heterocycles. The molecule has 2 bridgehead atoms. The van der Waals surface area contributed by atoms with Crippen LogP contribution in [0.2, 0.25) is 0 Å². The van der Waals surface area contributed by atoms with Crippen LogP contribution in [0.3, 0.4) is 0 Å². The van der Waals surface area contributed by atoms with Crippen LogP contribution in [0.5, 0.6) is 0 Å². The van der Waals surface area contributed by atoms with E-state index in [9.17, 15) is 24.5 Å². The molecule has 7 rings (SSSR count). The second-order valence-corrected chi connectivity index (χ2v) is 12.9. The van der Waals surface area contributed by atoms with Gasteiger partial charge in [-0.1, -0.05) is 12.2 Å². The molecular weight excluding hydrogens is 646 g/mol. The first-order chi connectivity index (χ1) is 21.0. The van der Waals surface area contributed by atoms with E-state index in [0.717, 1.165) is 0 Å². The number of hydrogen-bond donors (Lipinski definition) is 7. The fourth-order valence-corrected chi connectivity index (χ4v) is 7.04. The van der Waals surface area contributed by atoms with Gasteiger partial charge in [-0.05, 0) is 12.1 Å². The minimum Gasteiger partial charge on any atom is -0.506 e. The van der Waals surface area contributed by atoms with Crippen molar-refractivity contribution in [2.75, 3.05) is 24.7 Å². The lowest BCUT2D eigenvalue weighted by molar-refractivity contribution is -0.0165. The van der Waals surface area contributed by atoms with Gasteiger partial charge in [0.1, 0.15) is 18.8 Å². The molecule has 8 N–H and O–H groups in total. The zero-order chi connectivity index (χ0) is 30.9. The third-order valence-corrected chi connectivity index (χ3v) is 9.29. The number of nitrogens with zero attached hydrogens (tertiary/aromatic N) is 5. The number of anilines is 2. The molecule has 0 amide bonds. The summed E-state index contributed by atoms with van der Waals surface area (Å²) in [7, 11) is -7.08. The zero-order valence-corrected chi connectivity index (χ0v) is 24.6. The summed E-state index contributed by atoms with van der Waals surface area (Å²) < 4.78 is 49.7. The number of fused-ring (bicyclic) bond motifs is 4. The lowest BCUT2D eigenvalue weighted by atomic mass is 10.2. The second kappa shape index (κ2) is 10.6. The average molecular weight is 668 g/mol. The van der Waals surface area contributed by atoms with E-state index in [-0.39, 0.29) is 46.7 Å². The summed E-state index contributed by atoms with van der Waals surface area (Å²) in [6.07, 6.45) is -1.04. The SMILES string of the molecule is Nc1nc2c(ccn2[C@@H]2OC3=C(O)C2OP(S)OC[C@H]2OC(n4ccc5c(N)ncnc54)=C(O)C2OP(=O)(O)OC3)c(=O)[nH]1. The van der Waals surface area contributed by atoms with Gasteiger partial charge in [0.25, 0.3) is 5.56 Å². The summed E-state index contributed by atoms with van der Waals surface area (Å²) in [5, 5.41) is 22.7. The third kappa shape index (κ3) is 4.85. The van der Waals surface area contributed by atoms with Crippen molar-refractivity contribution in [2.24, 2.45) is 0 Å². The van der Waals surface area contributed by atoms with Crippen LogP contribution in [-0.2, 0) is 32.1 Å². The van der Waals surface area contributed by atoms with Crippen molar-refractivity contribution >= 4 is 67.4 Å². The van der Waals surface area contributed by atoms with Gasteiger partial charge in [-0.15, -0.1) is 0 Å². The number of aliphatic hydroxyl groups excluding tert-OH is 2. The van der Waals surface area contributed by atoms with Crippen molar-refractivity contribution in [3.8, 4) is 0 Å². The van der Waals surface area contributed by atoms with E-state index < -0.39 is 63.6 Å². The maximum Gasteiger partial charge on any atom is 0.473 e. The van der Waals surface area contributed by atoms with Crippen LogP contribution in [0.15, 0.2) is 52.9 Å². The fourth-order valence-electron chi connectivity index (χ4n) is 4.94. The van der Waals surface area contributed by atoms with Gasteiger partial charge in [0, 0.05) is 12.4 Å². The summed E-state index contributed by atoms with van der Waals surface area (Å²) >= 11 is 4.38. The van der Waals surface area contributed by atoms with Crippen LogP contribution >= 0.6 is 27.6 Å². The average Bonchev–Trinajstić information content (AvgIpc) is 3.72. The molecule has 4 unspecified atom stereocenters. The Morgan fingerprint density at radius 2 is 1.89 bits per heavy atom. The van der Waals surface area contributed by atoms with E-state index >= 15 is 0 Å². The molecule has 0 aromatic carbocycles. The molecule has 232 valence electrons. The number of nitrogens with two attached hydrogens (primary N) is 2. The number of aromatic amines is 1. The van der Waals surface area contributed by atoms with Gasteiger partial charge in [-0.25, -0.2) is 14.5 Å². The van der Waals surface area contributed by atoms with Crippen molar-refractivity contribution in [1.82, 2.24) is 29.1 Å². The number of aromatic nitrogens is 6. The molecule has 4 aromatic rings. The first-order valence-corrected chi connectivity index (χ1v) is 16.4. The van der Waals surface area contributed by atoms with Crippen LogP contribution in [0.4, 0.5) is 11.8 Å². The van der Waals surface area contributed by atoms with Crippen LogP contribution in [0.25, 0.3) is 27.9 Å². The summed E-state index contributed by atoms with van der Waals surface area (Å²) in [6.45, 7) is -1.13. The molecule has 0 fully saturated rings. The fraction of sp³-hybridized carbons (Fsp3) is 0.273. The molecule has 0 saturated heterocycles. The van der Waals surface area contributed by atoms with Gasteiger partial charge in [-0.3, -0.25) is 28.0 Å². The predicted molar refractivity (Wildman–Crippen MR) is 155 cm³/mol. The Balaban J connectivity index is 1.20. The molecule has 44 heavy (non-hydrogen) atoms. The zero-order valence-electron chi connectivity index (χ0n) is 22.0. The van der Waals surface area contributed by atoms with Crippen molar-refractivity contribution in [1.29, 1.82) is 0 Å². The van der Waals surface area contributed by atoms with E-state index in [2.05, 4.69) is 32.2 Å². The number of phosphoric acid groups is 1. The van der Waals surface area contributed by atoms with E-state index in [1.54, 1.807) is 6.07 Å². The lowest BCUT2D eigenvalue weighted by Crippen LogP contribution is -2.31. The molecular formula is C22H22N8O11P2S. The predicted octanol–water partition coefficient (Wildman–Crippen LogP) is 1.79. The van der Waals surface area contributed by atoms with E-state index in [1.165, 1.54) is 33.9 Å². The van der Waals surface area contributed by atoms with E-state index in [0.29, 0.717) is 5.39 Å². The maximum absolute atomic E-state index is 13.1. The molecule has 0 saturated carbocycles. The highest BCUT2D eigenvalue weighted by atomic mass is 32.7. The number of nitrogen functional groups attached to an aromatic ring is 2. The molecule has 4 aromatic heterocycles. The maximum atomic E-state index is 13.1. The van der Waals surface area contributed by atoms with Gasteiger partial charge < -0.3 is 45.1 Å². The van der Waals surface area contributed by atoms with Crippen molar-refractivity contribution in [3.05, 3.63) is 58.5 Å². The van der Waals surface area contributed by atoms with Gasteiger partial charge in [0.15, 0.2) is 46.9 Å². The van der Waals surface area contributed by atoms with Crippen molar-refractivity contribution < 1.29 is 47.2 Å². The van der Waals surface area contributed by atoms with Crippen LogP contribution < -0.4 is 17.0 Å². The van der Waals surface area contributed by atoms with Gasteiger partial charge in [-0.2, -0.15) is 4.98 Å². The van der Waals surface area contributed by atoms with Crippen LogP contribution in [0.1, 0.15) is 6.23 Å². The number of aliphatic hydroxyl groups is 2. The first-order valence-electron chi connectivity index (χ1n) is 12.6. The topological polar surface area (TPSA) is 267 Å². The number of phosphoric ester groups is 1. The summed E-state index contributed by atoms with van der Waals surface area (Å²) in [5.41, 5.74) is 11.5. The molecule has 0 aliphatic carbocycles. The third-order valence-electron chi connectivity index (χ3n) is 6.93. The Bertz CT molecular complexity index is 1980. The Kier molecular flexibility index (Phi) is 6.98. The highest BCUT2D eigenvalue weighted by molar-refractivity contribution is 8.41. The lowest BCUT2D eigenvalue weighted by Gasteiger charge is -2.26. The van der Waals surface area contributed by atoms with E-state index in [4.69, 9.17) is 39.0 Å². The van der Waals surface area contributed by atoms with Gasteiger partial charge in [0.2, 0.25) is 25.6 Å². The Hall–Kier alpha value is -3.87. The minimum atomic E-state index is -4.97. The van der Waals surface area contributed by atoms with Gasteiger partial charge in [0.05, 0.1) is 17.4 Å². The molecule has 0 radical (unpaired) electrons. The summed E-state index contributed by atoms with van der Waals surface area (Å²) in [4.78, 5) is 37.6. The normalized spacial score (nSPS) is 29.6. The standard InChI is InChI=1S/C22H22N8O11P2S/c23-16-8-1-3-29(17(8)26-7-25-16)20-13(32)14-11(39-20)5-36-42(44)40-15-12(31)10(6-37-43(34,35)41-14)38-21(15)30-4-2-9-18(30)27-22(24)28-19(9)33/h1-4,7,11,14-15,21,31-32,44H,5-6H2,(H,34,35)(H2,23,25,26)(H3,24,27,28,33)/t11-,14?,15?,21-,42?/m1/s1. The Morgan fingerprint density at radius 1 is 1.09 bits per heavy atom. The monoisotopic (exact) mass is 668 g/mol. The molecule has 3 aliphatic rings. The minimum absolute atomic E-state index is 0.113. The number of H-pyrrole nitrogens is 1. The highest BCUT2D eigenvalue weighted by Gasteiger charge is 2.47. The Labute approximate surface area is 251 Å².